The van der Waals surface area contributed by atoms with Gasteiger partial charge in [0.1, 0.15) is 23.7 Å². The third-order valence-electron chi connectivity index (χ3n) is 11.8. The first-order chi connectivity index (χ1) is 27.3. The van der Waals surface area contributed by atoms with Crippen molar-refractivity contribution in [3.8, 4) is 22.5 Å². The standard InChI is InChI=1S/C41H45N9O6/c1-55-40(53)47-34(22-7-8-22)38(51)49-15-3-5-32(49)36-43-21-31(46-36)25-12-11-24-18-29(42-20-27(24)17-25)26-13-14-28-30(19-26)45-37(44-28)33-6-4-16-50(33)39(52)35(23-9-10-23)48-41(54)56-2/h11-14,17-23,32-35H,3-10,15-16H2,1-2H3,(H,43,46)(H,44,45)(H,47,53)(H,48,54)/t32-,33-,34-,35-/m0/s1. The minimum absolute atomic E-state index is 0.0846. The summed E-state index contributed by atoms with van der Waals surface area (Å²) in [5.41, 5.74) is 5.24. The van der Waals surface area contributed by atoms with Gasteiger partial charge in [0.25, 0.3) is 0 Å². The molecule has 4 fully saturated rings. The van der Waals surface area contributed by atoms with E-state index in [9.17, 15) is 19.2 Å². The van der Waals surface area contributed by atoms with Crippen LogP contribution in [0.15, 0.2) is 54.9 Å². The average molecular weight is 760 g/mol. The maximum atomic E-state index is 13.7. The molecule has 0 bridgehead atoms. The number of hydrogen-bond acceptors (Lipinski definition) is 9. The molecule has 56 heavy (non-hydrogen) atoms. The van der Waals surface area contributed by atoms with Crippen LogP contribution in [0, 0.1) is 11.8 Å². The summed E-state index contributed by atoms with van der Waals surface area (Å²) in [6.45, 7) is 1.23. The Hall–Kier alpha value is -5.99. The number of nitrogens with zero attached hydrogens (tertiary/aromatic N) is 5. The molecule has 15 heteroatoms. The zero-order valence-corrected chi connectivity index (χ0v) is 31.4. The summed E-state index contributed by atoms with van der Waals surface area (Å²) >= 11 is 0. The van der Waals surface area contributed by atoms with E-state index in [0.29, 0.717) is 13.1 Å². The van der Waals surface area contributed by atoms with Crippen LogP contribution < -0.4 is 10.6 Å². The molecule has 0 unspecified atom stereocenters. The largest absolute Gasteiger partial charge is 0.453 e. The van der Waals surface area contributed by atoms with E-state index in [2.05, 4.69) is 44.9 Å². The molecular weight excluding hydrogens is 715 g/mol. The predicted molar refractivity (Wildman–Crippen MR) is 206 cm³/mol. The number of fused-ring (bicyclic) bond motifs is 2. The first-order valence-corrected chi connectivity index (χ1v) is 19.5. The molecule has 2 saturated heterocycles. The number of ether oxygens (including phenoxy) is 2. The van der Waals surface area contributed by atoms with Crippen molar-refractivity contribution in [2.45, 2.75) is 75.5 Å². The Morgan fingerprint density at radius 1 is 0.696 bits per heavy atom. The molecule has 4 amide bonds. The summed E-state index contributed by atoms with van der Waals surface area (Å²) in [6.07, 6.45) is 9.44. The second-order valence-corrected chi connectivity index (χ2v) is 15.4. The molecule has 2 aliphatic heterocycles. The number of rotatable bonds is 10. The molecular formula is C41H45N9O6. The van der Waals surface area contributed by atoms with Crippen LogP contribution in [0.2, 0.25) is 0 Å². The lowest BCUT2D eigenvalue weighted by molar-refractivity contribution is -0.135. The molecule has 2 aliphatic carbocycles. The molecule has 4 N–H and O–H groups in total. The molecule has 15 nitrogen and oxygen atoms in total. The summed E-state index contributed by atoms with van der Waals surface area (Å²) in [5, 5.41) is 7.53. The van der Waals surface area contributed by atoms with Gasteiger partial charge in [0.15, 0.2) is 0 Å². The molecule has 3 aromatic heterocycles. The number of benzene rings is 2. The Labute approximate surface area is 322 Å². The predicted octanol–water partition coefficient (Wildman–Crippen LogP) is 5.76. The Bertz CT molecular complexity index is 2330. The minimum atomic E-state index is -0.589. The van der Waals surface area contributed by atoms with Crippen LogP contribution in [-0.4, -0.2) is 98.1 Å². The van der Waals surface area contributed by atoms with Crippen LogP contribution in [0.25, 0.3) is 44.3 Å². The van der Waals surface area contributed by atoms with Gasteiger partial charge in [0.2, 0.25) is 11.8 Å². The van der Waals surface area contributed by atoms with Crippen LogP contribution in [0.4, 0.5) is 9.59 Å². The van der Waals surface area contributed by atoms with Gasteiger partial charge in [0.05, 0.1) is 54.9 Å². The van der Waals surface area contributed by atoms with E-state index in [1.165, 1.54) is 14.2 Å². The Kier molecular flexibility index (Phi) is 9.30. The van der Waals surface area contributed by atoms with E-state index in [1.54, 1.807) is 0 Å². The van der Waals surface area contributed by atoms with Crippen LogP contribution in [0.3, 0.4) is 0 Å². The van der Waals surface area contributed by atoms with Gasteiger partial charge in [0, 0.05) is 35.8 Å². The molecule has 2 saturated carbocycles. The lowest BCUT2D eigenvalue weighted by Gasteiger charge is -2.28. The van der Waals surface area contributed by atoms with Gasteiger partial charge in [-0.15, -0.1) is 0 Å². The zero-order chi connectivity index (χ0) is 38.5. The van der Waals surface area contributed by atoms with Gasteiger partial charge in [-0.3, -0.25) is 14.6 Å². The van der Waals surface area contributed by atoms with Crippen LogP contribution >= 0.6 is 0 Å². The van der Waals surface area contributed by atoms with Crippen molar-refractivity contribution in [1.29, 1.82) is 0 Å². The monoisotopic (exact) mass is 759 g/mol. The molecule has 0 radical (unpaired) electrons. The van der Waals surface area contributed by atoms with Crippen molar-refractivity contribution in [3.05, 3.63) is 66.5 Å². The Balaban J connectivity index is 0.905. The minimum Gasteiger partial charge on any atom is -0.453 e. The highest BCUT2D eigenvalue weighted by molar-refractivity contribution is 5.91. The summed E-state index contributed by atoms with van der Waals surface area (Å²) in [5.74, 6) is 1.57. The molecule has 290 valence electrons. The second kappa shape index (κ2) is 14.6. The number of methoxy groups -OCH3 is 2. The third kappa shape index (κ3) is 6.90. The lowest BCUT2D eigenvalue weighted by atomic mass is 10.0. The number of carbonyl (C=O) groups excluding carboxylic acids is 4. The van der Waals surface area contributed by atoms with E-state index < -0.39 is 24.3 Å². The molecule has 4 atom stereocenters. The number of aromatic amines is 2. The van der Waals surface area contributed by atoms with Gasteiger partial charge in [-0.2, -0.15) is 0 Å². The number of aromatic nitrogens is 5. The number of carbonyl (C=O) groups is 4. The van der Waals surface area contributed by atoms with Crippen molar-refractivity contribution in [1.82, 2.24) is 45.4 Å². The van der Waals surface area contributed by atoms with Crippen LogP contribution in [0.1, 0.15) is 75.1 Å². The van der Waals surface area contributed by atoms with Crippen molar-refractivity contribution < 1.29 is 28.7 Å². The van der Waals surface area contributed by atoms with Gasteiger partial charge in [-0.1, -0.05) is 18.2 Å². The number of pyridine rings is 1. The molecule has 0 spiro atoms. The van der Waals surface area contributed by atoms with Crippen molar-refractivity contribution >= 4 is 45.8 Å². The first-order valence-electron chi connectivity index (χ1n) is 19.5. The van der Waals surface area contributed by atoms with E-state index >= 15 is 0 Å². The molecule has 4 aliphatic rings. The van der Waals surface area contributed by atoms with Gasteiger partial charge >= 0.3 is 12.2 Å². The Morgan fingerprint density at radius 2 is 1.32 bits per heavy atom. The summed E-state index contributed by atoms with van der Waals surface area (Å²) < 4.78 is 9.59. The van der Waals surface area contributed by atoms with Crippen LogP contribution in [-0.2, 0) is 19.1 Å². The van der Waals surface area contributed by atoms with Crippen molar-refractivity contribution in [3.63, 3.8) is 0 Å². The molecule has 5 aromatic rings. The summed E-state index contributed by atoms with van der Waals surface area (Å²) in [6, 6.07) is 12.7. The van der Waals surface area contributed by atoms with Crippen molar-refractivity contribution in [2.75, 3.05) is 27.3 Å². The molecule has 5 heterocycles. The Morgan fingerprint density at radius 3 is 1.95 bits per heavy atom. The number of H-pyrrole nitrogens is 2. The highest BCUT2D eigenvalue weighted by atomic mass is 16.5. The fraction of sp³-hybridized carbons (Fsp3) is 0.439. The first kappa shape index (κ1) is 35.7. The van der Waals surface area contributed by atoms with E-state index in [0.717, 1.165) is 107 Å². The number of amides is 4. The van der Waals surface area contributed by atoms with Gasteiger partial charge in [-0.25, -0.2) is 19.6 Å². The third-order valence-corrected chi connectivity index (χ3v) is 11.8. The maximum absolute atomic E-state index is 13.7. The summed E-state index contributed by atoms with van der Waals surface area (Å²) in [7, 11) is 2.62. The second-order valence-electron chi connectivity index (χ2n) is 15.4. The average Bonchev–Trinajstić information content (AvgIpc) is 3.97. The van der Waals surface area contributed by atoms with Gasteiger partial charge < -0.3 is 39.9 Å². The number of likely N-dealkylation sites (tertiary alicyclic amines) is 2. The lowest BCUT2D eigenvalue weighted by Crippen LogP contribution is -2.49. The molecule has 2 aromatic carbocycles. The zero-order valence-electron chi connectivity index (χ0n) is 31.4. The van der Waals surface area contributed by atoms with Gasteiger partial charge in [-0.05, 0) is 92.9 Å². The fourth-order valence-electron chi connectivity index (χ4n) is 8.45. The van der Waals surface area contributed by atoms with E-state index in [1.807, 2.05) is 40.4 Å². The highest BCUT2D eigenvalue weighted by Crippen LogP contribution is 2.39. The smallest absolute Gasteiger partial charge is 0.407 e. The quantitative estimate of drug-likeness (QED) is 0.137. The van der Waals surface area contributed by atoms with E-state index in [-0.39, 0.29) is 35.7 Å². The highest BCUT2D eigenvalue weighted by Gasteiger charge is 2.44. The fourth-order valence-corrected chi connectivity index (χ4v) is 8.45. The van der Waals surface area contributed by atoms with E-state index in [4.69, 9.17) is 24.4 Å². The molecule has 9 rings (SSSR count). The summed E-state index contributed by atoms with van der Waals surface area (Å²) in [4.78, 5) is 76.4. The topological polar surface area (TPSA) is 188 Å². The number of imidazole rings is 2. The number of nitrogens with one attached hydrogen (secondary N) is 4. The van der Waals surface area contributed by atoms with Crippen molar-refractivity contribution in [2.24, 2.45) is 11.8 Å². The maximum Gasteiger partial charge on any atom is 0.407 e. The number of alkyl carbamates (subject to hydrolysis) is 2. The normalized spacial score (nSPS) is 20.6. The SMILES string of the molecule is COC(=O)N[C@H](C(=O)N1CCC[C@H]1c1ncc(-c2ccc3cc(-c4ccc5nc([C@@H]6CCCN6C(=O)[C@@H](NC(=O)OC)C6CC6)[nH]c5c4)ncc3c2)[nH]1)C1CC1. The number of hydrogen-bond donors (Lipinski definition) is 4. The van der Waals surface area contributed by atoms with Crippen LogP contribution in [0.5, 0.6) is 0 Å².